The highest BCUT2D eigenvalue weighted by Crippen LogP contribution is 2.45. The van der Waals surface area contributed by atoms with Gasteiger partial charge in [0.1, 0.15) is 23.5 Å². The summed E-state index contributed by atoms with van der Waals surface area (Å²) in [6, 6.07) is 6.87. The number of methoxy groups -OCH3 is 2. The number of benzene rings is 1. The summed E-state index contributed by atoms with van der Waals surface area (Å²) in [4.78, 5) is 33.6. The lowest BCUT2D eigenvalue weighted by atomic mass is 10.1. The van der Waals surface area contributed by atoms with E-state index in [4.69, 9.17) is 14.5 Å². The normalized spacial score (nSPS) is 13.5. The van der Waals surface area contributed by atoms with Crippen LogP contribution < -0.4 is 10.1 Å². The zero-order chi connectivity index (χ0) is 30.7. The Bertz CT molecular complexity index is 1650. The second-order valence-corrected chi connectivity index (χ2v) is 10.3. The number of hydrogen-bond acceptors (Lipinski definition) is 9. The third-order valence-corrected chi connectivity index (χ3v) is 6.89. The van der Waals surface area contributed by atoms with Crippen molar-refractivity contribution in [2.24, 2.45) is 0 Å². The molecule has 0 amide bonds. The third kappa shape index (κ3) is 6.65. The molecule has 1 aromatic carbocycles. The number of anilines is 1. The van der Waals surface area contributed by atoms with Crippen LogP contribution >= 0.6 is 0 Å². The molecule has 1 aliphatic rings. The minimum absolute atomic E-state index is 0.211. The minimum atomic E-state index is -4.54. The Morgan fingerprint density at radius 3 is 2.49 bits per heavy atom. The van der Waals surface area contributed by atoms with Crippen molar-refractivity contribution in [1.29, 1.82) is 0 Å². The van der Waals surface area contributed by atoms with Gasteiger partial charge in [-0.1, -0.05) is 24.3 Å². The summed E-state index contributed by atoms with van der Waals surface area (Å²) < 4.78 is 51.8. The number of carbonyl (C=O) groups is 1. The van der Waals surface area contributed by atoms with Crippen LogP contribution in [-0.4, -0.2) is 49.7 Å². The molecular formula is C30H30F3N7O3. The van der Waals surface area contributed by atoms with E-state index in [1.807, 2.05) is 0 Å². The zero-order valence-electron chi connectivity index (χ0n) is 24.0. The predicted octanol–water partition coefficient (Wildman–Crippen LogP) is 6.08. The van der Waals surface area contributed by atoms with Gasteiger partial charge in [-0.15, -0.1) is 0 Å². The van der Waals surface area contributed by atoms with Crippen molar-refractivity contribution < 1.29 is 27.4 Å². The van der Waals surface area contributed by atoms with E-state index in [2.05, 4.69) is 25.3 Å². The van der Waals surface area contributed by atoms with Crippen LogP contribution in [0.5, 0.6) is 5.88 Å². The molecule has 0 aliphatic heterocycles. The van der Waals surface area contributed by atoms with Crippen LogP contribution in [0, 0.1) is 0 Å². The molecule has 3 heterocycles. The fourth-order valence-corrected chi connectivity index (χ4v) is 4.51. The SMILES string of the molecule is COC(=O)/C=C/c1cnc(-c2c(OC)ncnc2C2CC2)nc1NCc1ccc(-c2nc(C(F)(F)F)cn2C(C)C)cc1. The van der Waals surface area contributed by atoms with Crippen molar-refractivity contribution >= 4 is 17.9 Å². The molecule has 1 fully saturated rings. The Morgan fingerprint density at radius 2 is 1.86 bits per heavy atom. The highest BCUT2D eigenvalue weighted by Gasteiger charge is 2.35. The molecule has 0 atom stereocenters. The molecule has 1 N–H and O–H groups in total. The van der Waals surface area contributed by atoms with E-state index in [0.29, 0.717) is 40.8 Å². The molecule has 0 radical (unpaired) electrons. The van der Waals surface area contributed by atoms with Gasteiger partial charge in [0, 0.05) is 48.1 Å². The summed E-state index contributed by atoms with van der Waals surface area (Å²) in [5.74, 6) is 1.16. The van der Waals surface area contributed by atoms with Crippen molar-refractivity contribution in [3.63, 3.8) is 0 Å². The maximum Gasteiger partial charge on any atom is 0.434 e. The van der Waals surface area contributed by atoms with Crippen molar-refractivity contribution in [3.05, 3.63) is 71.6 Å². The molecule has 0 spiro atoms. The van der Waals surface area contributed by atoms with Crippen molar-refractivity contribution in [2.45, 2.75) is 51.4 Å². The molecule has 13 heteroatoms. The summed E-state index contributed by atoms with van der Waals surface area (Å²) in [5, 5.41) is 3.29. The summed E-state index contributed by atoms with van der Waals surface area (Å²) in [6.07, 6.45) is 4.37. The molecule has 10 nitrogen and oxygen atoms in total. The Balaban J connectivity index is 1.44. The van der Waals surface area contributed by atoms with E-state index >= 15 is 0 Å². The number of halogens is 3. The van der Waals surface area contributed by atoms with E-state index in [1.165, 1.54) is 31.2 Å². The lowest BCUT2D eigenvalue weighted by Gasteiger charge is -2.14. The summed E-state index contributed by atoms with van der Waals surface area (Å²) >= 11 is 0. The lowest BCUT2D eigenvalue weighted by molar-refractivity contribution is -0.141. The van der Waals surface area contributed by atoms with Crippen molar-refractivity contribution in [2.75, 3.05) is 19.5 Å². The Labute approximate surface area is 246 Å². The average Bonchev–Trinajstić information content (AvgIpc) is 3.74. The second-order valence-electron chi connectivity index (χ2n) is 10.3. The van der Waals surface area contributed by atoms with Crippen LogP contribution in [0.15, 0.2) is 49.1 Å². The van der Waals surface area contributed by atoms with E-state index < -0.39 is 17.8 Å². The first-order valence-corrected chi connectivity index (χ1v) is 13.6. The number of esters is 1. The number of nitrogens with zero attached hydrogens (tertiary/aromatic N) is 6. The summed E-state index contributed by atoms with van der Waals surface area (Å²) in [6.45, 7) is 3.92. The van der Waals surface area contributed by atoms with Gasteiger partial charge in [-0.05, 0) is 38.3 Å². The molecule has 5 rings (SSSR count). The van der Waals surface area contributed by atoms with Crippen LogP contribution in [0.3, 0.4) is 0 Å². The molecule has 4 aromatic rings. The van der Waals surface area contributed by atoms with Gasteiger partial charge in [-0.25, -0.2) is 29.7 Å². The fourth-order valence-electron chi connectivity index (χ4n) is 4.51. The Kier molecular flexibility index (Phi) is 8.42. The number of imidazole rings is 1. The molecule has 0 bridgehead atoms. The molecule has 3 aromatic heterocycles. The number of hydrogen-bond donors (Lipinski definition) is 1. The quantitative estimate of drug-likeness (QED) is 0.172. The Morgan fingerprint density at radius 1 is 1.12 bits per heavy atom. The average molecular weight is 594 g/mol. The molecule has 1 saturated carbocycles. The number of carbonyl (C=O) groups excluding carboxylic acids is 1. The topological polar surface area (TPSA) is 117 Å². The summed E-state index contributed by atoms with van der Waals surface area (Å²) in [7, 11) is 2.81. The molecule has 0 saturated heterocycles. The molecule has 43 heavy (non-hydrogen) atoms. The Hall–Kier alpha value is -4.81. The zero-order valence-corrected chi connectivity index (χ0v) is 24.0. The van der Waals surface area contributed by atoms with Crippen LogP contribution in [0.2, 0.25) is 0 Å². The standard InChI is InChI=1S/C30H30F3N7O3/c1-17(2)40-15-22(30(31,32)33)38-28(40)20-7-5-18(6-8-20)13-34-26-21(11-12-23(41)42-3)14-35-27(39-26)24-25(19-9-10-19)36-16-37-29(24)43-4/h5-8,11-12,14-17,19H,9-10,13H2,1-4H3,(H,34,35,39)/b12-11+. The van der Waals surface area contributed by atoms with Crippen LogP contribution in [0.4, 0.5) is 19.0 Å². The van der Waals surface area contributed by atoms with Crippen LogP contribution in [0.1, 0.15) is 61.2 Å². The molecule has 0 unspecified atom stereocenters. The van der Waals surface area contributed by atoms with E-state index in [0.717, 1.165) is 30.3 Å². The minimum Gasteiger partial charge on any atom is -0.480 e. The van der Waals surface area contributed by atoms with E-state index in [1.54, 1.807) is 50.4 Å². The number of rotatable bonds is 10. The highest BCUT2D eigenvalue weighted by atomic mass is 19.4. The van der Waals surface area contributed by atoms with Gasteiger partial charge in [-0.2, -0.15) is 13.2 Å². The molecule has 224 valence electrons. The van der Waals surface area contributed by atoms with Gasteiger partial charge in [-0.3, -0.25) is 0 Å². The number of ether oxygens (including phenoxy) is 2. The smallest absolute Gasteiger partial charge is 0.434 e. The van der Waals surface area contributed by atoms with Crippen LogP contribution in [0.25, 0.3) is 28.9 Å². The lowest BCUT2D eigenvalue weighted by Crippen LogP contribution is -2.07. The van der Waals surface area contributed by atoms with Gasteiger partial charge in [0.15, 0.2) is 11.5 Å². The number of nitrogens with one attached hydrogen (secondary N) is 1. The van der Waals surface area contributed by atoms with E-state index in [9.17, 15) is 18.0 Å². The highest BCUT2D eigenvalue weighted by molar-refractivity contribution is 5.88. The molecule has 1 aliphatic carbocycles. The van der Waals surface area contributed by atoms with Gasteiger partial charge in [0.25, 0.3) is 0 Å². The number of aromatic nitrogens is 6. The van der Waals surface area contributed by atoms with Crippen molar-refractivity contribution in [1.82, 2.24) is 29.5 Å². The van der Waals surface area contributed by atoms with Crippen molar-refractivity contribution in [3.8, 4) is 28.7 Å². The summed E-state index contributed by atoms with van der Waals surface area (Å²) in [5.41, 5.74) is 2.43. The first-order chi connectivity index (χ1) is 20.6. The monoisotopic (exact) mass is 593 g/mol. The van der Waals surface area contributed by atoms with Gasteiger partial charge in [0.05, 0.1) is 19.9 Å². The third-order valence-electron chi connectivity index (χ3n) is 6.89. The first-order valence-electron chi connectivity index (χ1n) is 13.6. The maximum absolute atomic E-state index is 13.3. The maximum atomic E-state index is 13.3. The number of alkyl halides is 3. The van der Waals surface area contributed by atoms with Gasteiger partial charge < -0.3 is 19.4 Å². The predicted molar refractivity (Wildman–Crippen MR) is 153 cm³/mol. The van der Waals surface area contributed by atoms with Gasteiger partial charge in [0.2, 0.25) is 5.88 Å². The molecular weight excluding hydrogens is 563 g/mol. The largest absolute Gasteiger partial charge is 0.480 e. The van der Waals surface area contributed by atoms with E-state index in [-0.39, 0.29) is 17.8 Å². The first kappa shape index (κ1) is 29.7. The second kappa shape index (κ2) is 12.2. The van der Waals surface area contributed by atoms with Crippen LogP contribution in [-0.2, 0) is 22.3 Å². The van der Waals surface area contributed by atoms with Gasteiger partial charge >= 0.3 is 12.1 Å². The fraction of sp³-hybridized carbons (Fsp3) is 0.333.